The second kappa shape index (κ2) is 6.37. The van der Waals surface area contributed by atoms with Crippen LogP contribution in [-0.2, 0) is 14.4 Å². The molecule has 0 heterocycles. The maximum Gasteiger partial charge on any atom is 0.329 e. The van der Waals surface area contributed by atoms with Crippen LogP contribution in [0.2, 0.25) is 0 Å². The molecule has 6 nitrogen and oxygen atoms in total. The van der Waals surface area contributed by atoms with Crippen LogP contribution in [0.3, 0.4) is 0 Å². The van der Waals surface area contributed by atoms with Gasteiger partial charge in [-0.25, -0.2) is 4.79 Å². The summed E-state index contributed by atoms with van der Waals surface area (Å²) in [5, 5.41) is 14.1. The molecule has 0 bridgehead atoms. The Labute approximate surface area is 107 Å². The number of carbonyl (C=O) groups excluding carboxylic acids is 2. The summed E-state index contributed by atoms with van der Waals surface area (Å²) in [6.45, 7) is 8.00. The molecule has 2 amide bonds. The van der Waals surface area contributed by atoms with Crippen molar-refractivity contribution in [2.75, 3.05) is 0 Å². The van der Waals surface area contributed by atoms with Crippen molar-refractivity contribution in [2.24, 2.45) is 5.92 Å². The first-order valence-corrected chi connectivity index (χ1v) is 5.96. The molecule has 0 saturated carbocycles. The van der Waals surface area contributed by atoms with Gasteiger partial charge in [0, 0.05) is 6.92 Å². The number of carboxylic acid groups (broad SMARTS) is 1. The van der Waals surface area contributed by atoms with E-state index in [1.807, 2.05) is 0 Å². The number of hydrogen-bond donors (Lipinski definition) is 3. The standard InChI is InChI=1S/C12H22N2O4/c1-6-12(5,11(17)18)14-10(16)9(7(2)3)13-8(4)15/h7,9H,6H2,1-5H3,(H,13,15)(H,14,16)(H,17,18). The van der Waals surface area contributed by atoms with Crippen molar-refractivity contribution in [1.82, 2.24) is 10.6 Å². The van der Waals surface area contributed by atoms with E-state index < -0.39 is 23.5 Å². The van der Waals surface area contributed by atoms with Gasteiger partial charge in [-0.3, -0.25) is 9.59 Å². The Morgan fingerprint density at radius 1 is 1.28 bits per heavy atom. The Kier molecular flexibility index (Phi) is 5.81. The monoisotopic (exact) mass is 258 g/mol. The third kappa shape index (κ3) is 4.35. The van der Waals surface area contributed by atoms with E-state index in [0.29, 0.717) is 0 Å². The highest BCUT2D eigenvalue weighted by atomic mass is 16.4. The first-order chi connectivity index (χ1) is 8.14. The second-order valence-electron chi connectivity index (χ2n) is 4.90. The van der Waals surface area contributed by atoms with E-state index in [-0.39, 0.29) is 18.2 Å². The predicted molar refractivity (Wildman–Crippen MR) is 66.9 cm³/mol. The molecule has 0 aliphatic rings. The van der Waals surface area contributed by atoms with E-state index in [1.54, 1.807) is 20.8 Å². The van der Waals surface area contributed by atoms with Crippen LogP contribution in [0.15, 0.2) is 0 Å². The SMILES string of the molecule is CCC(C)(NC(=O)C(NC(C)=O)C(C)C)C(=O)O. The fourth-order valence-corrected chi connectivity index (χ4v) is 1.40. The number of amides is 2. The quantitative estimate of drug-likeness (QED) is 0.647. The van der Waals surface area contributed by atoms with Gasteiger partial charge < -0.3 is 15.7 Å². The molecule has 3 N–H and O–H groups in total. The average molecular weight is 258 g/mol. The Morgan fingerprint density at radius 2 is 1.78 bits per heavy atom. The lowest BCUT2D eigenvalue weighted by molar-refractivity contribution is -0.147. The fourth-order valence-electron chi connectivity index (χ4n) is 1.40. The van der Waals surface area contributed by atoms with Crippen molar-refractivity contribution in [3.05, 3.63) is 0 Å². The van der Waals surface area contributed by atoms with Gasteiger partial charge in [-0.2, -0.15) is 0 Å². The lowest BCUT2D eigenvalue weighted by Gasteiger charge is -2.29. The van der Waals surface area contributed by atoms with Gasteiger partial charge in [0.15, 0.2) is 0 Å². The van der Waals surface area contributed by atoms with Gasteiger partial charge >= 0.3 is 5.97 Å². The molecule has 104 valence electrons. The Balaban J connectivity index is 4.90. The van der Waals surface area contributed by atoms with E-state index in [0.717, 1.165) is 0 Å². The topological polar surface area (TPSA) is 95.5 Å². The van der Waals surface area contributed by atoms with Crippen LogP contribution in [0.5, 0.6) is 0 Å². The summed E-state index contributed by atoms with van der Waals surface area (Å²) in [4.78, 5) is 34.1. The van der Waals surface area contributed by atoms with Crippen LogP contribution in [0, 0.1) is 5.92 Å². The van der Waals surface area contributed by atoms with Crippen molar-refractivity contribution >= 4 is 17.8 Å². The molecule has 0 aromatic heterocycles. The highest BCUT2D eigenvalue weighted by Crippen LogP contribution is 2.11. The molecule has 0 aliphatic heterocycles. The molecule has 0 aliphatic carbocycles. The number of rotatable bonds is 6. The van der Waals surface area contributed by atoms with E-state index in [4.69, 9.17) is 5.11 Å². The number of hydrogen-bond acceptors (Lipinski definition) is 3. The molecule has 6 heteroatoms. The summed E-state index contributed by atoms with van der Waals surface area (Å²) in [6, 6.07) is -0.729. The van der Waals surface area contributed by atoms with Crippen molar-refractivity contribution in [3.63, 3.8) is 0 Å². The van der Waals surface area contributed by atoms with Crippen LogP contribution in [0.1, 0.15) is 41.0 Å². The molecule has 0 aromatic carbocycles. The van der Waals surface area contributed by atoms with Crippen molar-refractivity contribution in [2.45, 2.75) is 52.6 Å². The van der Waals surface area contributed by atoms with Gasteiger partial charge in [-0.15, -0.1) is 0 Å². The molecule has 0 radical (unpaired) electrons. The third-order valence-electron chi connectivity index (χ3n) is 2.89. The summed E-state index contributed by atoms with van der Waals surface area (Å²) >= 11 is 0. The molecule has 0 spiro atoms. The highest BCUT2D eigenvalue weighted by Gasteiger charge is 2.35. The molecular formula is C12H22N2O4. The van der Waals surface area contributed by atoms with Crippen LogP contribution in [0.25, 0.3) is 0 Å². The van der Waals surface area contributed by atoms with Crippen LogP contribution < -0.4 is 10.6 Å². The van der Waals surface area contributed by atoms with E-state index in [1.165, 1.54) is 13.8 Å². The zero-order chi connectivity index (χ0) is 14.5. The van der Waals surface area contributed by atoms with Gasteiger partial charge in [0.05, 0.1) is 0 Å². The lowest BCUT2D eigenvalue weighted by Crippen LogP contribution is -2.58. The van der Waals surface area contributed by atoms with Crippen LogP contribution in [0.4, 0.5) is 0 Å². The molecule has 0 aromatic rings. The van der Waals surface area contributed by atoms with Gasteiger partial charge in [-0.05, 0) is 19.3 Å². The minimum Gasteiger partial charge on any atom is -0.480 e. The van der Waals surface area contributed by atoms with Crippen LogP contribution in [-0.4, -0.2) is 34.5 Å². The maximum atomic E-state index is 12.0. The largest absolute Gasteiger partial charge is 0.480 e. The molecule has 2 atom stereocenters. The van der Waals surface area contributed by atoms with Crippen molar-refractivity contribution < 1.29 is 19.5 Å². The van der Waals surface area contributed by atoms with Crippen molar-refractivity contribution in [1.29, 1.82) is 0 Å². The highest BCUT2D eigenvalue weighted by molar-refractivity contribution is 5.91. The second-order valence-corrected chi connectivity index (χ2v) is 4.90. The summed E-state index contributed by atoms with van der Waals surface area (Å²) < 4.78 is 0. The Morgan fingerprint density at radius 3 is 2.06 bits per heavy atom. The summed E-state index contributed by atoms with van der Waals surface area (Å²) in [5.74, 6) is -2.02. The molecule has 0 saturated heterocycles. The number of nitrogens with one attached hydrogen (secondary N) is 2. The van der Waals surface area contributed by atoms with E-state index in [2.05, 4.69) is 10.6 Å². The number of carboxylic acids is 1. The van der Waals surface area contributed by atoms with Gasteiger partial charge in [0.2, 0.25) is 11.8 Å². The molecule has 0 rings (SSSR count). The molecular weight excluding hydrogens is 236 g/mol. The predicted octanol–water partition coefficient (Wildman–Crippen LogP) is 0.517. The molecule has 18 heavy (non-hydrogen) atoms. The fraction of sp³-hybridized carbons (Fsp3) is 0.750. The summed E-state index contributed by atoms with van der Waals surface area (Å²) in [7, 11) is 0. The summed E-state index contributed by atoms with van der Waals surface area (Å²) in [5.41, 5.74) is -1.32. The zero-order valence-corrected chi connectivity index (χ0v) is 11.5. The Bertz CT molecular complexity index is 341. The van der Waals surface area contributed by atoms with E-state index >= 15 is 0 Å². The lowest BCUT2D eigenvalue weighted by atomic mass is 9.96. The minimum atomic E-state index is -1.32. The number of aliphatic carboxylic acids is 1. The summed E-state index contributed by atoms with van der Waals surface area (Å²) in [6.07, 6.45) is 0.263. The first kappa shape index (κ1) is 16.4. The molecule has 2 unspecified atom stereocenters. The van der Waals surface area contributed by atoms with Crippen LogP contribution >= 0.6 is 0 Å². The average Bonchev–Trinajstić information content (AvgIpc) is 2.24. The smallest absolute Gasteiger partial charge is 0.329 e. The van der Waals surface area contributed by atoms with Gasteiger partial charge in [0.25, 0.3) is 0 Å². The van der Waals surface area contributed by atoms with Gasteiger partial charge in [0.1, 0.15) is 11.6 Å². The molecule has 0 fully saturated rings. The first-order valence-electron chi connectivity index (χ1n) is 5.96. The zero-order valence-electron chi connectivity index (χ0n) is 11.5. The number of carbonyl (C=O) groups is 3. The normalized spacial score (nSPS) is 15.7. The van der Waals surface area contributed by atoms with Gasteiger partial charge in [-0.1, -0.05) is 20.8 Å². The van der Waals surface area contributed by atoms with Crippen molar-refractivity contribution in [3.8, 4) is 0 Å². The maximum absolute atomic E-state index is 12.0. The third-order valence-corrected chi connectivity index (χ3v) is 2.89. The Hall–Kier alpha value is -1.59. The van der Waals surface area contributed by atoms with E-state index in [9.17, 15) is 14.4 Å². The minimum absolute atomic E-state index is 0.121.